The van der Waals surface area contributed by atoms with Gasteiger partial charge in [0, 0.05) is 11.6 Å². The average molecular weight is 276 g/mol. The Bertz CT molecular complexity index is 487. The van der Waals surface area contributed by atoms with Crippen molar-refractivity contribution in [2.45, 2.75) is 39.2 Å². The summed E-state index contributed by atoms with van der Waals surface area (Å²) in [5, 5.41) is 3.14. The third-order valence-corrected chi connectivity index (χ3v) is 4.24. The quantitative estimate of drug-likeness (QED) is 0.834. The Labute approximate surface area is 120 Å². The molecular formula is C16H24N2O2. The number of hydrogen-bond donors (Lipinski definition) is 2. The summed E-state index contributed by atoms with van der Waals surface area (Å²) >= 11 is 0. The van der Waals surface area contributed by atoms with Gasteiger partial charge in [0.1, 0.15) is 5.75 Å². The van der Waals surface area contributed by atoms with Crippen LogP contribution >= 0.6 is 0 Å². The molecule has 0 aromatic heterocycles. The van der Waals surface area contributed by atoms with Crippen LogP contribution < -0.4 is 15.8 Å². The fraction of sp³-hybridized carbons (Fsp3) is 0.562. The van der Waals surface area contributed by atoms with Crippen LogP contribution in [0.25, 0.3) is 0 Å². The summed E-state index contributed by atoms with van der Waals surface area (Å²) in [4.78, 5) is 12.3. The highest BCUT2D eigenvalue weighted by Gasteiger charge is 2.26. The molecule has 1 saturated carbocycles. The first-order valence-corrected chi connectivity index (χ1v) is 7.25. The minimum Gasteiger partial charge on any atom is -0.495 e. The number of benzene rings is 1. The SMILES string of the molecule is COc1cc(C(=O)NC2CCC(C)CC2C)ccc1N. The predicted molar refractivity (Wildman–Crippen MR) is 80.8 cm³/mol. The molecule has 0 aliphatic heterocycles. The Morgan fingerprint density at radius 3 is 2.75 bits per heavy atom. The van der Waals surface area contributed by atoms with Gasteiger partial charge in [-0.15, -0.1) is 0 Å². The van der Waals surface area contributed by atoms with Crippen LogP contribution in [0.4, 0.5) is 5.69 Å². The van der Waals surface area contributed by atoms with Crippen molar-refractivity contribution in [3.63, 3.8) is 0 Å². The Morgan fingerprint density at radius 1 is 1.35 bits per heavy atom. The van der Waals surface area contributed by atoms with Crippen molar-refractivity contribution < 1.29 is 9.53 Å². The average Bonchev–Trinajstić information content (AvgIpc) is 2.42. The van der Waals surface area contributed by atoms with Gasteiger partial charge in [-0.05, 0) is 49.3 Å². The lowest BCUT2D eigenvalue weighted by Gasteiger charge is -2.33. The maximum absolute atomic E-state index is 12.3. The summed E-state index contributed by atoms with van der Waals surface area (Å²) in [7, 11) is 1.55. The number of methoxy groups -OCH3 is 1. The summed E-state index contributed by atoms with van der Waals surface area (Å²) in [6, 6.07) is 5.41. The second-order valence-corrected chi connectivity index (χ2v) is 5.93. The Balaban J connectivity index is 2.05. The van der Waals surface area contributed by atoms with Gasteiger partial charge in [0.15, 0.2) is 0 Å². The van der Waals surface area contributed by atoms with E-state index in [9.17, 15) is 4.79 Å². The summed E-state index contributed by atoms with van der Waals surface area (Å²) in [5.74, 6) is 1.78. The fourth-order valence-corrected chi connectivity index (χ4v) is 2.98. The first-order chi connectivity index (χ1) is 9.51. The highest BCUT2D eigenvalue weighted by molar-refractivity contribution is 5.95. The molecule has 3 N–H and O–H groups in total. The van der Waals surface area contributed by atoms with Crippen molar-refractivity contribution in [1.82, 2.24) is 5.32 Å². The molecule has 20 heavy (non-hydrogen) atoms. The third-order valence-electron chi connectivity index (χ3n) is 4.24. The van der Waals surface area contributed by atoms with E-state index >= 15 is 0 Å². The molecule has 1 aliphatic rings. The van der Waals surface area contributed by atoms with Gasteiger partial charge < -0.3 is 15.8 Å². The molecule has 1 fully saturated rings. The lowest BCUT2D eigenvalue weighted by molar-refractivity contribution is 0.0899. The molecule has 1 aliphatic carbocycles. The molecule has 2 rings (SSSR count). The number of nitrogens with two attached hydrogens (primary N) is 1. The van der Waals surface area contributed by atoms with Gasteiger partial charge >= 0.3 is 0 Å². The minimum atomic E-state index is -0.0466. The van der Waals surface area contributed by atoms with Crippen molar-refractivity contribution in [3.8, 4) is 5.75 Å². The third kappa shape index (κ3) is 3.24. The van der Waals surface area contributed by atoms with Crippen molar-refractivity contribution in [1.29, 1.82) is 0 Å². The van der Waals surface area contributed by atoms with E-state index in [0.29, 0.717) is 22.9 Å². The first-order valence-electron chi connectivity index (χ1n) is 7.25. The van der Waals surface area contributed by atoms with Gasteiger partial charge in [-0.1, -0.05) is 13.8 Å². The zero-order chi connectivity index (χ0) is 14.7. The molecule has 0 heterocycles. The topological polar surface area (TPSA) is 64.3 Å². The smallest absolute Gasteiger partial charge is 0.251 e. The van der Waals surface area contributed by atoms with Crippen molar-refractivity contribution >= 4 is 11.6 Å². The van der Waals surface area contributed by atoms with E-state index in [1.807, 2.05) is 0 Å². The fourth-order valence-electron chi connectivity index (χ4n) is 2.98. The lowest BCUT2D eigenvalue weighted by atomic mass is 9.80. The van der Waals surface area contributed by atoms with Gasteiger partial charge in [-0.3, -0.25) is 4.79 Å². The molecule has 4 nitrogen and oxygen atoms in total. The molecule has 1 amide bonds. The van der Waals surface area contributed by atoms with Crippen LogP contribution in [0.2, 0.25) is 0 Å². The van der Waals surface area contributed by atoms with Crippen LogP contribution in [0.1, 0.15) is 43.5 Å². The molecule has 3 unspecified atom stereocenters. The van der Waals surface area contributed by atoms with E-state index in [2.05, 4.69) is 19.2 Å². The van der Waals surface area contributed by atoms with Gasteiger partial charge in [-0.25, -0.2) is 0 Å². The zero-order valence-electron chi connectivity index (χ0n) is 12.5. The highest BCUT2D eigenvalue weighted by Crippen LogP contribution is 2.29. The Hall–Kier alpha value is -1.71. The van der Waals surface area contributed by atoms with Gasteiger partial charge in [0.05, 0.1) is 12.8 Å². The van der Waals surface area contributed by atoms with E-state index in [4.69, 9.17) is 10.5 Å². The summed E-state index contributed by atoms with van der Waals surface area (Å²) in [5.41, 5.74) is 6.91. The Kier molecular flexibility index (Phi) is 4.53. The largest absolute Gasteiger partial charge is 0.495 e. The predicted octanol–water partition coefficient (Wildman–Crippen LogP) is 2.83. The maximum Gasteiger partial charge on any atom is 0.251 e. The molecule has 0 saturated heterocycles. The molecule has 110 valence electrons. The van der Waals surface area contributed by atoms with Crippen LogP contribution in [0.15, 0.2) is 18.2 Å². The standard InChI is InChI=1S/C16H24N2O2/c1-10-4-7-14(11(2)8-10)18-16(19)12-5-6-13(17)15(9-12)20-3/h5-6,9-11,14H,4,7-8,17H2,1-3H3,(H,18,19). The van der Waals surface area contributed by atoms with Crippen molar-refractivity contribution in [2.24, 2.45) is 11.8 Å². The highest BCUT2D eigenvalue weighted by atomic mass is 16.5. The van der Waals surface area contributed by atoms with Gasteiger partial charge in [0.2, 0.25) is 0 Å². The summed E-state index contributed by atoms with van der Waals surface area (Å²) < 4.78 is 5.16. The second kappa shape index (κ2) is 6.16. The van der Waals surface area contributed by atoms with Crippen molar-refractivity contribution in [2.75, 3.05) is 12.8 Å². The number of ether oxygens (including phenoxy) is 1. The van der Waals surface area contributed by atoms with E-state index < -0.39 is 0 Å². The zero-order valence-corrected chi connectivity index (χ0v) is 12.5. The first kappa shape index (κ1) is 14.7. The van der Waals surface area contributed by atoms with E-state index in [0.717, 1.165) is 12.3 Å². The van der Waals surface area contributed by atoms with Crippen LogP contribution in [0.3, 0.4) is 0 Å². The molecule has 0 bridgehead atoms. The number of rotatable bonds is 3. The van der Waals surface area contributed by atoms with Crippen LogP contribution in [-0.2, 0) is 0 Å². The minimum absolute atomic E-state index is 0.0466. The number of carbonyl (C=O) groups is 1. The van der Waals surface area contributed by atoms with E-state index in [1.54, 1.807) is 25.3 Å². The maximum atomic E-state index is 12.3. The summed E-state index contributed by atoms with van der Waals surface area (Å²) in [6.07, 6.45) is 3.41. The molecular weight excluding hydrogens is 252 g/mol. The molecule has 4 heteroatoms. The van der Waals surface area contributed by atoms with E-state index in [-0.39, 0.29) is 11.9 Å². The molecule has 3 atom stereocenters. The molecule has 1 aromatic carbocycles. The van der Waals surface area contributed by atoms with Crippen molar-refractivity contribution in [3.05, 3.63) is 23.8 Å². The monoisotopic (exact) mass is 276 g/mol. The number of nitrogens with one attached hydrogen (secondary N) is 1. The van der Waals surface area contributed by atoms with Crippen LogP contribution in [0, 0.1) is 11.8 Å². The van der Waals surface area contributed by atoms with Gasteiger partial charge in [-0.2, -0.15) is 0 Å². The van der Waals surface area contributed by atoms with Crippen LogP contribution in [-0.4, -0.2) is 19.1 Å². The molecule has 1 aromatic rings. The van der Waals surface area contributed by atoms with Crippen LogP contribution in [0.5, 0.6) is 5.75 Å². The normalized spacial score (nSPS) is 26.1. The van der Waals surface area contributed by atoms with E-state index in [1.165, 1.54) is 12.8 Å². The van der Waals surface area contributed by atoms with Gasteiger partial charge in [0.25, 0.3) is 5.91 Å². The number of carbonyl (C=O) groups excluding carboxylic acids is 1. The number of amides is 1. The molecule has 0 radical (unpaired) electrons. The second-order valence-electron chi connectivity index (χ2n) is 5.93. The number of hydrogen-bond acceptors (Lipinski definition) is 3. The summed E-state index contributed by atoms with van der Waals surface area (Å²) in [6.45, 7) is 4.49. The number of nitrogen functional groups attached to an aromatic ring is 1. The number of anilines is 1. The Morgan fingerprint density at radius 2 is 2.10 bits per heavy atom. The molecule has 0 spiro atoms. The lowest BCUT2D eigenvalue weighted by Crippen LogP contribution is -2.42.